The molecule has 7 nitrogen and oxygen atoms in total. The van der Waals surface area contributed by atoms with Crippen LogP contribution in [0.3, 0.4) is 0 Å². The van der Waals surface area contributed by atoms with E-state index in [0.29, 0.717) is 11.7 Å². The Kier molecular flexibility index (Phi) is 8.87. The topological polar surface area (TPSA) is 85.4 Å². The van der Waals surface area contributed by atoms with Crippen molar-refractivity contribution in [2.75, 3.05) is 24.3 Å². The number of hydrogen-bond donors (Lipinski definition) is 2. The molecule has 0 bridgehead atoms. The highest BCUT2D eigenvalue weighted by Crippen LogP contribution is 2.25. The normalized spacial score (nSPS) is 10.3. The van der Waals surface area contributed by atoms with Crippen LogP contribution in [0.1, 0.15) is 34.6 Å². The molecule has 1 amide bonds. The Bertz CT molecular complexity index is 708. The molecule has 0 atom stereocenters. The van der Waals surface area contributed by atoms with Crippen molar-refractivity contribution in [1.82, 2.24) is 9.97 Å². The van der Waals surface area contributed by atoms with Crippen molar-refractivity contribution >= 4 is 29.4 Å². The average Bonchev–Trinajstić information content (AvgIpc) is 2.68. The summed E-state index contributed by atoms with van der Waals surface area (Å²) in [6, 6.07) is 9.43. The molecule has 8 heteroatoms. The van der Waals surface area contributed by atoms with Crippen LogP contribution in [0.2, 0.25) is 0 Å². The zero-order valence-electron chi connectivity index (χ0n) is 16.9. The largest absolute Gasteiger partial charge is 0.481 e. The van der Waals surface area contributed by atoms with Crippen LogP contribution >= 0.6 is 11.9 Å². The van der Waals surface area contributed by atoms with E-state index in [1.165, 1.54) is 26.2 Å². The summed E-state index contributed by atoms with van der Waals surface area (Å²) >= 11 is 1.38. The van der Waals surface area contributed by atoms with Crippen LogP contribution in [0.25, 0.3) is 0 Å². The fourth-order valence-electron chi connectivity index (χ4n) is 1.69. The van der Waals surface area contributed by atoms with Gasteiger partial charge in [0.25, 0.3) is 0 Å². The number of amides is 1. The first-order valence-corrected chi connectivity index (χ1v) is 9.45. The smallest absolute Gasteiger partial charge is 0.321 e. The minimum absolute atomic E-state index is 0.0220. The van der Waals surface area contributed by atoms with Gasteiger partial charge in [0.05, 0.1) is 14.2 Å². The van der Waals surface area contributed by atoms with Crippen LogP contribution in [0.4, 0.5) is 11.5 Å². The lowest BCUT2D eigenvalue weighted by atomic mass is 9.95. The van der Waals surface area contributed by atoms with Crippen molar-refractivity contribution in [2.24, 2.45) is 5.41 Å². The lowest BCUT2D eigenvalue weighted by Gasteiger charge is -2.17. The summed E-state index contributed by atoms with van der Waals surface area (Å²) in [4.78, 5) is 21.2. The molecular formula is C19H28N4O3S. The summed E-state index contributed by atoms with van der Waals surface area (Å²) < 4.78 is 13.3. The molecule has 1 aromatic heterocycles. The molecule has 0 fully saturated rings. The van der Waals surface area contributed by atoms with E-state index in [4.69, 9.17) is 9.47 Å². The molecule has 0 unspecified atom stereocenters. The van der Waals surface area contributed by atoms with E-state index in [2.05, 4.69) is 20.0 Å². The van der Waals surface area contributed by atoms with E-state index in [0.717, 1.165) is 10.6 Å². The summed E-state index contributed by atoms with van der Waals surface area (Å²) in [5, 5.41) is 2.89. The van der Waals surface area contributed by atoms with Crippen LogP contribution < -0.4 is 19.5 Å². The van der Waals surface area contributed by atoms with Crippen molar-refractivity contribution in [3.05, 3.63) is 30.3 Å². The van der Waals surface area contributed by atoms with Gasteiger partial charge in [-0.25, -0.2) is 0 Å². The number of methoxy groups -OCH3 is 2. The van der Waals surface area contributed by atoms with Crippen molar-refractivity contribution in [1.29, 1.82) is 0 Å². The van der Waals surface area contributed by atoms with Crippen LogP contribution in [0, 0.1) is 5.41 Å². The van der Waals surface area contributed by atoms with Crippen LogP contribution in [-0.2, 0) is 4.79 Å². The zero-order valence-corrected chi connectivity index (χ0v) is 17.7. The van der Waals surface area contributed by atoms with Crippen LogP contribution in [-0.4, -0.2) is 30.1 Å². The summed E-state index contributed by atoms with van der Waals surface area (Å²) in [6.45, 7) is 9.63. The van der Waals surface area contributed by atoms with E-state index < -0.39 is 5.41 Å². The van der Waals surface area contributed by atoms with Gasteiger partial charge in [0.2, 0.25) is 11.8 Å². The van der Waals surface area contributed by atoms with Crippen molar-refractivity contribution in [3.8, 4) is 11.9 Å². The molecule has 0 radical (unpaired) electrons. The fourth-order valence-corrected chi connectivity index (χ4v) is 2.29. The van der Waals surface area contributed by atoms with Gasteiger partial charge in [-0.1, -0.05) is 34.6 Å². The molecule has 0 saturated heterocycles. The first-order chi connectivity index (χ1) is 12.8. The maximum Gasteiger partial charge on any atom is 0.321 e. The molecule has 0 aliphatic carbocycles. The molecule has 2 N–H and O–H groups in total. The number of aromatic nitrogens is 2. The third-order valence-electron chi connectivity index (χ3n) is 3.14. The number of rotatable bonds is 6. The molecule has 27 heavy (non-hydrogen) atoms. The second kappa shape index (κ2) is 10.6. The summed E-state index contributed by atoms with van der Waals surface area (Å²) in [7, 11) is 3.03. The first-order valence-electron chi connectivity index (χ1n) is 8.63. The highest BCUT2D eigenvalue weighted by molar-refractivity contribution is 8.00. The highest BCUT2D eigenvalue weighted by Gasteiger charge is 2.20. The Balaban J connectivity index is 0.00000176. The molecule has 0 saturated carbocycles. The van der Waals surface area contributed by atoms with Gasteiger partial charge in [0.15, 0.2) is 0 Å². The van der Waals surface area contributed by atoms with E-state index in [-0.39, 0.29) is 11.9 Å². The number of nitrogens with one attached hydrogen (secondary N) is 2. The van der Waals surface area contributed by atoms with Gasteiger partial charge in [0, 0.05) is 22.1 Å². The fraction of sp³-hybridized carbons (Fsp3) is 0.421. The number of nitrogens with zero attached hydrogens (tertiary/aromatic N) is 2. The van der Waals surface area contributed by atoms with E-state index >= 15 is 0 Å². The predicted molar refractivity (Wildman–Crippen MR) is 110 cm³/mol. The molecule has 148 valence electrons. The molecule has 0 aliphatic rings. The second-order valence-corrected chi connectivity index (χ2v) is 7.09. The van der Waals surface area contributed by atoms with E-state index in [1.54, 1.807) is 6.07 Å². The monoisotopic (exact) mass is 392 g/mol. The van der Waals surface area contributed by atoms with E-state index in [1.807, 2.05) is 58.9 Å². The van der Waals surface area contributed by atoms with Crippen LogP contribution in [0.15, 0.2) is 35.2 Å². The van der Waals surface area contributed by atoms with Gasteiger partial charge < -0.3 is 19.5 Å². The SMILES string of the molecule is CC.COc1cc(NSc2ccc(NC(=O)C(C)(C)C)cc2)nc(OC)n1. The molecule has 2 rings (SSSR count). The Labute approximate surface area is 165 Å². The Hall–Kier alpha value is -2.48. The maximum absolute atomic E-state index is 12.0. The van der Waals surface area contributed by atoms with Crippen molar-refractivity contribution < 1.29 is 14.3 Å². The molecule has 0 spiro atoms. The number of carbonyl (C=O) groups is 1. The number of ether oxygens (including phenoxy) is 2. The first kappa shape index (κ1) is 22.6. The molecule has 2 aromatic rings. The van der Waals surface area contributed by atoms with Crippen molar-refractivity contribution in [2.45, 2.75) is 39.5 Å². The Morgan fingerprint density at radius 3 is 2.19 bits per heavy atom. The summed E-state index contributed by atoms with van der Waals surface area (Å²) in [5.74, 6) is 0.959. The second-order valence-electron chi connectivity index (χ2n) is 6.21. The molecule has 1 aromatic carbocycles. The third-order valence-corrected chi connectivity index (χ3v) is 3.96. The van der Waals surface area contributed by atoms with E-state index in [9.17, 15) is 4.79 Å². The van der Waals surface area contributed by atoms with Gasteiger partial charge in [-0.3, -0.25) is 4.79 Å². The highest BCUT2D eigenvalue weighted by atomic mass is 32.2. The lowest BCUT2D eigenvalue weighted by Crippen LogP contribution is -2.27. The standard InChI is InChI=1S/C17H22N4O3S.C2H6/c1-17(2,3)15(22)18-11-6-8-12(9-7-11)25-21-13-10-14(23-4)20-16(19-13)24-5;1-2/h6-10H,1-5H3,(H,18,22)(H,19,20,21);1-2H3. The molecular weight excluding hydrogens is 364 g/mol. The number of anilines is 2. The molecule has 0 aliphatic heterocycles. The Morgan fingerprint density at radius 1 is 1.04 bits per heavy atom. The number of hydrogen-bond acceptors (Lipinski definition) is 7. The minimum Gasteiger partial charge on any atom is -0.481 e. The Morgan fingerprint density at radius 2 is 1.67 bits per heavy atom. The van der Waals surface area contributed by atoms with Crippen molar-refractivity contribution in [3.63, 3.8) is 0 Å². The number of benzene rings is 1. The maximum atomic E-state index is 12.0. The molecule has 1 heterocycles. The average molecular weight is 393 g/mol. The number of carbonyl (C=O) groups excluding carboxylic acids is 1. The van der Waals surface area contributed by atoms with Gasteiger partial charge in [-0.2, -0.15) is 9.97 Å². The quantitative estimate of drug-likeness (QED) is 0.694. The van der Waals surface area contributed by atoms with Gasteiger partial charge in [0.1, 0.15) is 5.82 Å². The zero-order chi connectivity index (χ0) is 20.4. The predicted octanol–water partition coefficient (Wildman–Crippen LogP) is 4.62. The van der Waals surface area contributed by atoms with Crippen LogP contribution in [0.5, 0.6) is 11.9 Å². The lowest BCUT2D eigenvalue weighted by molar-refractivity contribution is -0.123. The summed E-state index contributed by atoms with van der Waals surface area (Å²) in [6.07, 6.45) is 0. The van der Waals surface area contributed by atoms with Gasteiger partial charge in [-0.15, -0.1) is 0 Å². The van der Waals surface area contributed by atoms with Gasteiger partial charge >= 0.3 is 6.01 Å². The third kappa shape index (κ3) is 7.34. The summed E-state index contributed by atoms with van der Waals surface area (Å²) in [5.41, 5.74) is 0.328. The minimum atomic E-state index is -0.430. The van der Waals surface area contributed by atoms with Gasteiger partial charge in [-0.05, 0) is 36.2 Å².